The number of halogens is 2. The normalized spacial score (nSPS) is 8.83. The second kappa shape index (κ2) is 15.1. The van der Waals surface area contributed by atoms with Crippen LogP contribution in [0.25, 0.3) is 21.5 Å². The molecule has 0 atom stereocenters. The van der Waals surface area contributed by atoms with Gasteiger partial charge in [0.15, 0.2) is 0 Å². The van der Waals surface area contributed by atoms with E-state index in [-0.39, 0.29) is 39.7 Å². The molecule has 4 rings (SSSR count). The molecule has 0 fully saturated rings. The summed E-state index contributed by atoms with van der Waals surface area (Å²) in [7, 11) is 2.97. The molecule has 0 aliphatic carbocycles. The molecule has 0 aliphatic rings. The zero-order valence-electron chi connectivity index (χ0n) is 19.4. The van der Waals surface area contributed by atoms with Crippen LogP contribution in [-0.2, 0) is 19.2 Å². The fourth-order valence-electron chi connectivity index (χ4n) is 3.47. The maximum absolute atomic E-state index is 2.97. The minimum atomic E-state index is 0. The summed E-state index contributed by atoms with van der Waals surface area (Å²) in [4.78, 5) is 0. The van der Waals surface area contributed by atoms with Gasteiger partial charge in [-0.25, -0.2) is 0 Å². The van der Waals surface area contributed by atoms with Crippen LogP contribution in [0, 0.1) is 56.4 Å². The number of rotatable bonds is 0. The number of benzene rings is 2. The Balaban J connectivity index is -0.000000400. The number of hydrogen-bond donors (Lipinski definition) is 0. The van der Waals surface area contributed by atoms with E-state index >= 15 is 0 Å². The molecule has 0 nitrogen and oxygen atoms in total. The van der Waals surface area contributed by atoms with Crippen molar-refractivity contribution in [3.63, 3.8) is 0 Å². The van der Waals surface area contributed by atoms with Gasteiger partial charge in [-0.1, -0.05) is 53.7 Å². The van der Waals surface area contributed by atoms with Crippen molar-refractivity contribution >= 4 is 54.0 Å². The van der Waals surface area contributed by atoms with E-state index in [1.807, 2.05) is 0 Å². The summed E-state index contributed by atoms with van der Waals surface area (Å²) in [5.74, 6) is 0. The molecular formula is C26H34Cl2SiTi-4. The van der Waals surface area contributed by atoms with Crippen LogP contribution in [0.15, 0.2) is 48.5 Å². The second-order valence-electron chi connectivity index (χ2n) is 6.98. The molecule has 0 spiro atoms. The van der Waals surface area contributed by atoms with Gasteiger partial charge >= 0.3 is 26.8 Å². The molecule has 4 heteroatoms. The van der Waals surface area contributed by atoms with Crippen molar-refractivity contribution in [3.8, 4) is 0 Å². The van der Waals surface area contributed by atoms with Crippen LogP contribution in [0.4, 0.5) is 0 Å². The third-order valence-corrected chi connectivity index (χ3v) is 5.36. The molecule has 0 N–H and O–H groups in total. The fourth-order valence-corrected chi connectivity index (χ4v) is 3.47. The average Bonchev–Trinajstić information content (AvgIpc) is 3.10. The second-order valence-corrected chi connectivity index (χ2v) is 6.98. The standard InChI is InChI=1S/2C12H13.2CH3.2ClH.Si.Ti/c2*1-8-5-4-6-11-10(3)9(2)7-12(8)11;;;;;;/h2*4-7H,1-3H3;2*1H3;2*1H;;/q4*-1;;;;. The summed E-state index contributed by atoms with van der Waals surface area (Å²) in [5.41, 5.74) is 8.41. The predicted molar refractivity (Wildman–Crippen MR) is 141 cm³/mol. The Bertz CT molecular complexity index is 960. The molecule has 4 aromatic rings. The van der Waals surface area contributed by atoms with Crippen molar-refractivity contribution in [1.82, 2.24) is 0 Å². The van der Waals surface area contributed by atoms with E-state index in [4.69, 9.17) is 0 Å². The van der Waals surface area contributed by atoms with E-state index < -0.39 is 0 Å². The van der Waals surface area contributed by atoms with Gasteiger partial charge in [-0.3, -0.25) is 0 Å². The van der Waals surface area contributed by atoms with E-state index in [0.717, 1.165) is 0 Å². The van der Waals surface area contributed by atoms with Gasteiger partial charge < -0.3 is 14.9 Å². The fraction of sp³-hybridized carbons (Fsp3) is 0.231. The molecule has 0 bridgehead atoms. The van der Waals surface area contributed by atoms with E-state index in [1.165, 1.54) is 54.9 Å². The van der Waals surface area contributed by atoms with Gasteiger partial charge in [0.1, 0.15) is 0 Å². The van der Waals surface area contributed by atoms with E-state index in [2.05, 4.69) is 97.7 Å². The molecule has 0 heterocycles. The quantitative estimate of drug-likeness (QED) is 0.171. The molecule has 0 amide bonds. The van der Waals surface area contributed by atoms with Gasteiger partial charge in [0.25, 0.3) is 0 Å². The summed E-state index contributed by atoms with van der Waals surface area (Å²) in [5, 5.41) is 5.64. The van der Waals surface area contributed by atoms with Crippen molar-refractivity contribution in [3.05, 3.63) is 96.8 Å². The average molecular weight is 493 g/mol. The number of hydrogen-bond acceptors (Lipinski definition) is 0. The molecule has 0 saturated carbocycles. The first kappa shape index (κ1) is 33.8. The monoisotopic (exact) mass is 492 g/mol. The summed E-state index contributed by atoms with van der Waals surface area (Å²) >= 11 is 1.81. The van der Waals surface area contributed by atoms with E-state index in [0.29, 0.717) is 0 Å². The van der Waals surface area contributed by atoms with Crippen LogP contribution in [0.1, 0.15) is 33.4 Å². The first-order chi connectivity index (χ1) is 12.4. The Kier molecular flexibility index (Phi) is 17.0. The Morgan fingerprint density at radius 3 is 1.17 bits per heavy atom. The molecule has 0 saturated heterocycles. The van der Waals surface area contributed by atoms with Crippen LogP contribution >= 0.6 is 24.8 Å². The Labute approximate surface area is 210 Å². The molecule has 4 aromatic carbocycles. The molecule has 0 unspecified atom stereocenters. The SMILES string of the molecule is Cc1[cH-]c2c(C)cccc2c1C.Cc1[cH-]c2c(C)cccc2c1C.Cl.Cl.[CH3-].[CH3-].[Si]=[Ti]. The van der Waals surface area contributed by atoms with Crippen LogP contribution in [0.2, 0.25) is 0 Å². The first-order valence-corrected chi connectivity index (χ1v) is 11.7. The zero-order valence-corrected chi connectivity index (χ0v) is 23.6. The zero-order chi connectivity index (χ0) is 19.4. The van der Waals surface area contributed by atoms with Crippen molar-refractivity contribution in [2.24, 2.45) is 0 Å². The van der Waals surface area contributed by atoms with Gasteiger partial charge in [0, 0.05) is 0 Å². The maximum atomic E-state index is 2.97. The van der Waals surface area contributed by atoms with Gasteiger partial charge in [-0.2, -0.15) is 11.1 Å². The van der Waals surface area contributed by atoms with Crippen molar-refractivity contribution < 1.29 is 19.2 Å². The predicted octanol–water partition coefficient (Wildman–Crippen LogP) is 8.33. The molecule has 2 radical (unpaired) electrons. The van der Waals surface area contributed by atoms with Crippen LogP contribution < -0.4 is 0 Å². The molecule has 164 valence electrons. The van der Waals surface area contributed by atoms with Crippen molar-refractivity contribution in [2.75, 3.05) is 0 Å². The van der Waals surface area contributed by atoms with Crippen molar-refractivity contribution in [1.29, 1.82) is 0 Å². The summed E-state index contributed by atoms with van der Waals surface area (Å²) < 4.78 is 0. The summed E-state index contributed by atoms with van der Waals surface area (Å²) in [6.07, 6.45) is 0. The Morgan fingerprint density at radius 1 is 0.600 bits per heavy atom. The van der Waals surface area contributed by atoms with Crippen molar-refractivity contribution in [2.45, 2.75) is 41.5 Å². The van der Waals surface area contributed by atoms with Crippen LogP contribution in [0.3, 0.4) is 0 Å². The Morgan fingerprint density at radius 2 is 0.900 bits per heavy atom. The van der Waals surface area contributed by atoms with Gasteiger partial charge in [-0.05, 0) is 0 Å². The first-order valence-electron chi connectivity index (χ1n) is 8.89. The van der Waals surface area contributed by atoms with E-state index in [9.17, 15) is 0 Å². The minimum absolute atomic E-state index is 0. The molecule has 0 aromatic heterocycles. The van der Waals surface area contributed by atoms with Gasteiger partial charge in [-0.15, -0.1) is 105 Å². The Hall–Kier alpha value is -0.829. The molecule has 0 aliphatic heterocycles. The third-order valence-electron chi connectivity index (χ3n) is 5.36. The number of fused-ring (bicyclic) bond motifs is 2. The third kappa shape index (κ3) is 7.11. The summed E-state index contributed by atoms with van der Waals surface area (Å²) in [6, 6.07) is 17.5. The molecular weight excluding hydrogens is 459 g/mol. The van der Waals surface area contributed by atoms with Gasteiger partial charge in [0.2, 0.25) is 0 Å². The van der Waals surface area contributed by atoms with E-state index in [1.54, 1.807) is 19.2 Å². The summed E-state index contributed by atoms with van der Waals surface area (Å²) in [6.45, 7) is 13.1. The van der Waals surface area contributed by atoms with Crippen LogP contribution in [-0.4, -0.2) is 7.63 Å². The van der Waals surface area contributed by atoms with Crippen LogP contribution in [0.5, 0.6) is 0 Å². The topological polar surface area (TPSA) is 0 Å². The molecule has 30 heavy (non-hydrogen) atoms. The number of aryl methyl sites for hydroxylation is 6. The van der Waals surface area contributed by atoms with Gasteiger partial charge in [0.05, 0.1) is 0 Å².